The molecule has 1 aromatic rings. The number of amides is 1. The van der Waals surface area contributed by atoms with Crippen LogP contribution in [0.15, 0.2) is 18.2 Å². The number of likely N-dealkylation sites (N-methyl/N-ethyl adjacent to an activating group) is 1. The molecule has 0 atom stereocenters. The first-order valence-electron chi connectivity index (χ1n) is 5.08. The van der Waals surface area contributed by atoms with Crippen LogP contribution in [0.4, 0.5) is 0 Å². The number of carbonyl (C=O) groups is 1. The lowest BCUT2D eigenvalue weighted by atomic mass is 10.2. The highest BCUT2D eigenvalue weighted by atomic mass is 35.5. The van der Waals surface area contributed by atoms with Gasteiger partial charge in [0.15, 0.2) is 0 Å². The molecule has 0 bridgehead atoms. The van der Waals surface area contributed by atoms with E-state index in [2.05, 4.69) is 0 Å². The van der Waals surface area contributed by atoms with Gasteiger partial charge in [0.25, 0.3) is 5.91 Å². The summed E-state index contributed by atoms with van der Waals surface area (Å²) in [4.78, 5) is 13.6. The number of benzene rings is 1. The van der Waals surface area contributed by atoms with Gasteiger partial charge in [-0.3, -0.25) is 4.79 Å². The minimum Gasteiger partial charge on any atom is -0.508 e. The van der Waals surface area contributed by atoms with Crippen LogP contribution < -0.4 is 5.73 Å². The maximum absolute atomic E-state index is 12.0. The molecular formula is C11H15ClN2O2. The highest BCUT2D eigenvalue weighted by Crippen LogP contribution is 2.22. The van der Waals surface area contributed by atoms with Crippen LogP contribution in [0.25, 0.3) is 0 Å². The van der Waals surface area contributed by atoms with E-state index in [0.717, 1.165) is 0 Å². The Balaban J connectivity index is 2.98. The first-order valence-corrected chi connectivity index (χ1v) is 5.45. The van der Waals surface area contributed by atoms with Gasteiger partial charge in [0.1, 0.15) is 5.75 Å². The fourth-order valence-corrected chi connectivity index (χ4v) is 1.60. The number of nitrogens with two attached hydrogens (primary N) is 1. The summed E-state index contributed by atoms with van der Waals surface area (Å²) in [5.41, 5.74) is 5.72. The molecule has 0 unspecified atom stereocenters. The molecule has 0 aliphatic heterocycles. The van der Waals surface area contributed by atoms with Gasteiger partial charge in [-0.15, -0.1) is 0 Å². The summed E-state index contributed by atoms with van der Waals surface area (Å²) in [6, 6.07) is 4.31. The van der Waals surface area contributed by atoms with Gasteiger partial charge in [-0.25, -0.2) is 0 Å². The van der Waals surface area contributed by atoms with Crippen molar-refractivity contribution < 1.29 is 9.90 Å². The summed E-state index contributed by atoms with van der Waals surface area (Å²) in [6.45, 7) is 3.30. The third kappa shape index (κ3) is 2.87. The van der Waals surface area contributed by atoms with Crippen molar-refractivity contribution in [1.29, 1.82) is 0 Å². The number of carbonyl (C=O) groups excluding carboxylic acids is 1. The quantitative estimate of drug-likeness (QED) is 0.840. The van der Waals surface area contributed by atoms with Crippen LogP contribution in [0, 0.1) is 0 Å². The number of rotatable bonds is 4. The van der Waals surface area contributed by atoms with E-state index in [0.29, 0.717) is 30.2 Å². The van der Waals surface area contributed by atoms with Gasteiger partial charge < -0.3 is 15.7 Å². The average molecular weight is 243 g/mol. The zero-order valence-electron chi connectivity index (χ0n) is 9.11. The maximum Gasteiger partial charge on any atom is 0.255 e. The molecule has 0 aliphatic rings. The molecule has 4 nitrogen and oxygen atoms in total. The zero-order valence-corrected chi connectivity index (χ0v) is 9.87. The van der Waals surface area contributed by atoms with Crippen LogP contribution >= 0.6 is 11.6 Å². The van der Waals surface area contributed by atoms with Crippen molar-refractivity contribution in [3.8, 4) is 5.75 Å². The molecule has 0 radical (unpaired) electrons. The summed E-state index contributed by atoms with van der Waals surface area (Å²) < 4.78 is 0. The van der Waals surface area contributed by atoms with Gasteiger partial charge in [0, 0.05) is 19.6 Å². The van der Waals surface area contributed by atoms with Crippen LogP contribution in [0.3, 0.4) is 0 Å². The second-order valence-electron chi connectivity index (χ2n) is 3.34. The van der Waals surface area contributed by atoms with Gasteiger partial charge in [-0.05, 0) is 25.1 Å². The van der Waals surface area contributed by atoms with Crippen LogP contribution in [0.2, 0.25) is 5.02 Å². The maximum atomic E-state index is 12.0. The van der Waals surface area contributed by atoms with Crippen molar-refractivity contribution in [2.24, 2.45) is 5.73 Å². The van der Waals surface area contributed by atoms with E-state index in [1.807, 2.05) is 6.92 Å². The lowest BCUT2D eigenvalue weighted by molar-refractivity contribution is 0.0769. The molecule has 3 N–H and O–H groups in total. The number of phenolic OH excluding ortho intramolecular Hbond substituents is 1. The Labute approximate surface area is 99.6 Å². The number of halogens is 1. The molecule has 5 heteroatoms. The average Bonchev–Trinajstić information content (AvgIpc) is 2.28. The topological polar surface area (TPSA) is 66.6 Å². The van der Waals surface area contributed by atoms with E-state index < -0.39 is 0 Å². The molecule has 1 aromatic carbocycles. The summed E-state index contributed by atoms with van der Waals surface area (Å²) >= 11 is 5.90. The molecule has 1 rings (SSSR count). The summed E-state index contributed by atoms with van der Waals surface area (Å²) in [5.74, 6) is -0.189. The molecule has 88 valence electrons. The fourth-order valence-electron chi connectivity index (χ4n) is 1.41. The van der Waals surface area contributed by atoms with Gasteiger partial charge in [-0.1, -0.05) is 11.6 Å². The third-order valence-electron chi connectivity index (χ3n) is 2.25. The Kier molecular flexibility index (Phi) is 4.58. The first-order chi connectivity index (χ1) is 7.60. The predicted molar refractivity (Wildman–Crippen MR) is 63.7 cm³/mol. The van der Waals surface area contributed by atoms with Crippen molar-refractivity contribution in [2.45, 2.75) is 6.92 Å². The van der Waals surface area contributed by atoms with E-state index in [1.165, 1.54) is 18.2 Å². The Morgan fingerprint density at radius 3 is 2.81 bits per heavy atom. The SMILES string of the molecule is CCN(CCN)C(=O)c1cc(O)ccc1Cl. The largest absolute Gasteiger partial charge is 0.508 e. The highest BCUT2D eigenvalue weighted by Gasteiger charge is 2.16. The van der Waals surface area contributed by atoms with E-state index in [4.69, 9.17) is 17.3 Å². The molecule has 1 amide bonds. The van der Waals surface area contributed by atoms with Crippen molar-refractivity contribution in [1.82, 2.24) is 4.90 Å². The Hall–Kier alpha value is -1.26. The van der Waals surface area contributed by atoms with Crippen LogP contribution in [-0.2, 0) is 0 Å². The standard InChI is InChI=1S/C11H15ClN2O2/c1-2-14(6-5-13)11(16)9-7-8(15)3-4-10(9)12/h3-4,7,15H,2,5-6,13H2,1H3. The molecule has 0 aliphatic carbocycles. The molecule has 0 spiro atoms. The predicted octanol–water partition coefficient (Wildman–Crippen LogP) is 1.47. The Morgan fingerprint density at radius 1 is 1.56 bits per heavy atom. The van der Waals surface area contributed by atoms with Gasteiger partial charge in [-0.2, -0.15) is 0 Å². The lowest BCUT2D eigenvalue weighted by Gasteiger charge is -2.20. The zero-order chi connectivity index (χ0) is 12.1. The third-order valence-corrected chi connectivity index (χ3v) is 2.58. The molecular weight excluding hydrogens is 228 g/mol. The second-order valence-corrected chi connectivity index (χ2v) is 3.74. The number of phenols is 1. The van der Waals surface area contributed by atoms with Crippen molar-refractivity contribution >= 4 is 17.5 Å². The summed E-state index contributed by atoms with van der Waals surface area (Å²) in [5, 5.41) is 9.65. The first kappa shape index (κ1) is 12.8. The molecule has 0 heterocycles. The van der Waals surface area contributed by atoms with Crippen molar-refractivity contribution in [2.75, 3.05) is 19.6 Å². The van der Waals surface area contributed by atoms with Crippen molar-refractivity contribution in [3.05, 3.63) is 28.8 Å². The smallest absolute Gasteiger partial charge is 0.255 e. The van der Waals surface area contributed by atoms with Gasteiger partial charge in [0.05, 0.1) is 10.6 Å². The second kappa shape index (κ2) is 5.72. The number of nitrogens with zero attached hydrogens (tertiary/aromatic N) is 1. The van der Waals surface area contributed by atoms with E-state index in [1.54, 1.807) is 4.90 Å². The fraction of sp³-hybridized carbons (Fsp3) is 0.364. The lowest BCUT2D eigenvalue weighted by Crippen LogP contribution is -2.35. The summed E-state index contributed by atoms with van der Waals surface area (Å²) in [6.07, 6.45) is 0. The molecule has 0 fully saturated rings. The molecule has 0 aromatic heterocycles. The number of hydrogen-bond donors (Lipinski definition) is 2. The van der Waals surface area contributed by atoms with E-state index >= 15 is 0 Å². The van der Waals surface area contributed by atoms with Crippen LogP contribution in [0.1, 0.15) is 17.3 Å². The van der Waals surface area contributed by atoms with Crippen LogP contribution in [-0.4, -0.2) is 35.5 Å². The number of aromatic hydroxyl groups is 1. The minimum atomic E-state index is -0.214. The number of hydrogen-bond acceptors (Lipinski definition) is 3. The molecule has 0 saturated carbocycles. The van der Waals surface area contributed by atoms with Crippen LogP contribution in [0.5, 0.6) is 5.75 Å². The molecule has 16 heavy (non-hydrogen) atoms. The van der Waals surface area contributed by atoms with E-state index in [-0.39, 0.29) is 11.7 Å². The summed E-state index contributed by atoms with van der Waals surface area (Å²) in [7, 11) is 0. The van der Waals surface area contributed by atoms with Gasteiger partial charge >= 0.3 is 0 Å². The van der Waals surface area contributed by atoms with Crippen molar-refractivity contribution in [3.63, 3.8) is 0 Å². The minimum absolute atomic E-state index is 0.0246. The Bertz CT molecular complexity index is 382. The van der Waals surface area contributed by atoms with Gasteiger partial charge in [0.2, 0.25) is 0 Å². The molecule has 0 saturated heterocycles. The van der Waals surface area contributed by atoms with E-state index in [9.17, 15) is 9.90 Å². The highest BCUT2D eigenvalue weighted by molar-refractivity contribution is 6.33. The Morgan fingerprint density at radius 2 is 2.25 bits per heavy atom. The normalized spacial score (nSPS) is 10.2. The monoisotopic (exact) mass is 242 g/mol.